The van der Waals surface area contributed by atoms with Crippen molar-refractivity contribution in [1.29, 1.82) is 0 Å². The first-order valence-corrected chi connectivity index (χ1v) is 8.35. The van der Waals surface area contributed by atoms with Crippen LogP contribution in [0, 0.1) is 11.6 Å². The van der Waals surface area contributed by atoms with Gasteiger partial charge in [-0.1, -0.05) is 24.3 Å². The number of halogens is 2. The fraction of sp³-hybridized carbons (Fsp3) is 0.263. The third-order valence-corrected chi connectivity index (χ3v) is 4.08. The largest absolute Gasteiger partial charge is 0.326 e. The first-order valence-electron chi connectivity index (χ1n) is 8.35. The molecule has 2 aromatic rings. The third-order valence-electron chi connectivity index (χ3n) is 4.08. The summed E-state index contributed by atoms with van der Waals surface area (Å²) in [4.78, 5) is 26.0. The number of hydrogen-bond acceptors (Lipinski definition) is 3. The van der Waals surface area contributed by atoms with Gasteiger partial charge in [0.25, 0.3) is 0 Å². The molecule has 0 aromatic heterocycles. The molecule has 1 aliphatic rings. The molecule has 0 atom stereocenters. The summed E-state index contributed by atoms with van der Waals surface area (Å²) in [6, 6.07) is 11.3. The lowest BCUT2D eigenvalue weighted by atomic mass is 10.2. The molecule has 3 amide bonds. The van der Waals surface area contributed by atoms with Crippen LogP contribution in [0.5, 0.6) is 0 Å². The highest BCUT2D eigenvalue weighted by molar-refractivity contribution is 6.01. The number of rotatable bonds is 6. The minimum atomic E-state index is -0.780. The van der Waals surface area contributed by atoms with E-state index >= 15 is 0 Å². The molecule has 136 valence electrons. The standard InChI is InChI=1S/C19H19F2N3O2/c20-14-7-5-13(6-8-14)11-24(15-9-10-15)12-18(25)23-19(26)22-17-4-2-1-3-16(17)21/h1-8,15H,9-12H2,(H2,22,23,25,26). The van der Waals surface area contributed by atoms with E-state index < -0.39 is 17.8 Å². The van der Waals surface area contributed by atoms with Crippen LogP contribution in [0.25, 0.3) is 0 Å². The van der Waals surface area contributed by atoms with Crippen molar-refractivity contribution in [3.8, 4) is 0 Å². The molecule has 0 spiro atoms. The van der Waals surface area contributed by atoms with Gasteiger partial charge in [-0.2, -0.15) is 0 Å². The Bertz CT molecular complexity index is 792. The number of para-hydroxylation sites is 1. The van der Waals surface area contributed by atoms with Crippen molar-refractivity contribution in [3.63, 3.8) is 0 Å². The Morgan fingerprint density at radius 3 is 2.38 bits per heavy atom. The number of nitrogens with zero attached hydrogens (tertiary/aromatic N) is 1. The van der Waals surface area contributed by atoms with Crippen LogP contribution >= 0.6 is 0 Å². The summed E-state index contributed by atoms with van der Waals surface area (Å²) < 4.78 is 26.5. The number of anilines is 1. The van der Waals surface area contributed by atoms with Crippen LogP contribution in [0.15, 0.2) is 48.5 Å². The van der Waals surface area contributed by atoms with Crippen LogP contribution < -0.4 is 10.6 Å². The molecule has 0 saturated heterocycles. The highest BCUT2D eigenvalue weighted by Crippen LogP contribution is 2.28. The number of benzene rings is 2. The molecule has 1 saturated carbocycles. The lowest BCUT2D eigenvalue weighted by molar-refractivity contribution is -0.121. The summed E-state index contributed by atoms with van der Waals surface area (Å²) >= 11 is 0. The number of carbonyl (C=O) groups is 2. The smallest absolute Gasteiger partial charge is 0.305 e. The van der Waals surface area contributed by atoms with Gasteiger partial charge in [0.2, 0.25) is 5.91 Å². The normalized spacial score (nSPS) is 13.5. The van der Waals surface area contributed by atoms with Gasteiger partial charge in [0, 0.05) is 12.6 Å². The number of carbonyl (C=O) groups excluding carboxylic acids is 2. The van der Waals surface area contributed by atoms with E-state index in [1.807, 2.05) is 4.90 Å². The minimum Gasteiger partial charge on any atom is -0.305 e. The van der Waals surface area contributed by atoms with E-state index in [4.69, 9.17) is 0 Å². The summed E-state index contributed by atoms with van der Waals surface area (Å²) in [7, 11) is 0. The van der Waals surface area contributed by atoms with Gasteiger partial charge in [0.15, 0.2) is 0 Å². The Morgan fingerprint density at radius 2 is 1.73 bits per heavy atom. The first kappa shape index (κ1) is 18.0. The summed E-state index contributed by atoms with van der Waals surface area (Å²) in [6.07, 6.45) is 1.96. The Morgan fingerprint density at radius 1 is 1.04 bits per heavy atom. The van der Waals surface area contributed by atoms with E-state index in [-0.39, 0.29) is 24.1 Å². The topological polar surface area (TPSA) is 61.4 Å². The highest BCUT2D eigenvalue weighted by atomic mass is 19.1. The molecule has 3 rings (SSSR count). The number of hydrogen-bond donors (Lipinski definition) is 2. The van der Waals surface area contributed by atoms with Crippen LogP contribution in [0.1, 0.15) is 18.4 Å². The predicted molar refractivity (Wildman–Crippen MR) is 93.4 cm³/mol. The molecule has 0 bridgehead atoms. The Hall–Kier alpha value is -2.80. The zero-order valence-electron chi connectivity index (χ0n) is 14.0. The van der Waals surface area contributed by atoms with Gasteiger partial charge in [-0.15, -0.1) is 0 Å². The molecule has 26 heavy (non-hydrogen) atoms. The quantitative estimate of drug-likeness (QED) is 0.832. The number of amides is 3. The van der Waals surface area contributed by atoms with Gasteiger partial charge in [-0.05, 0) is 42.7 Å². The summed E-state index contributed by atoms with van der Waals surface area (Å²) in [6.45, 7) is 0.528. The molecule has 7 heteroatoms. The van der Waals surface area contributed by atoms with E-state index in [2.05, 4.69) is 10.6 Å². The summed E-state index contributed by atoms with van der Waals surface area (Å²) in [5.74, 6) is -1.37. The second-order valence-electron chi connectivity index (χ2n) is 6.24. The fourth-order valence-corrected chi connectivity index (χ4v) is 2.64. The van der Waals surface area contributed by atoms with Gasteiger partial charge in [-0.3, -0.25) is 15.0 Å². The van der Waals surface area contributed by atoms with Crippen molar-refractivity contribution in [2.24, 2.45) is 0 Å². The number of imide groups is 1. The Balaban J connectivity index is 1.54. The van der Waals surface area contributed by atoms with Crippen molar-refractivity contribution in [3.05, 3.63) is 65.7 Å². The van der Waals surface area contributed by atoms with Crippen LogP contribution in [-0.2, 0) is 11.3 Å². The van der Waals surface area contributed by atoms with E-state index in [0.29, 0.717) is 6.54 Å². The molecule has 1 fully saturated rings. The number of urea groups is 1. The van der Waals surface area contributed by atoms with Crippen LogP contribution in [0.3, 0.4) is 0 Å². The van der Waals surface area contributed by atoms with E-state index in [1.165, 1.54) is 30.3 Å². The lowest BCUT2D eigenvalue weighted by Crippen LogP contribution is -2.42. The van der Waals surface area contributed by atoms with E-state index in [0.717, 1.165) is 18.4 Å². The Kier molecular flexibility index (Phi) is 5.58. The van der Waals surface area contributed by atoms with Gasteiger partial charge in [-0.25, -0.2) is 13.6 Å². The van der Waals surface area contributed by atoms with E-state index in [9.17, 15) is 18.4 Å². The fourth-order valence-electron chi connectivity index (χ4n) is 2.64. The molecular formula is C19H19F2N3O2. The third kappa shape index (κ3) is 5.10. The first-order chi connectivity index (χ1) is 12.5. The van der Waals surface area contributed by atoms with Crippen molar-refractivity contribution < 1.29 is 18.4 Å². The van der Waals surface area contributed by atoms with Crippen molar-refractivity contribution in [1.82, 2.24) is 10.2 Å². The maximum Gasteiger partial charge on any atom is 0.326 e. The molecule has 2 aromatic carbocycles. The SMILES string of the molecule is O=C(CN(Cc1ccc(F)cc1)C1CC1)NC(=O)Nc1ccccc1F. The maximum absolute atomic E-state index is 13.5. The Labute approximate surface area is 150 Å². The van der Waals surface area contributed by atoms with Gasteiger partial charge in [0.05, 0.1) is 12.2 Å². The monoisotopic (exact) mass is 359 g/mol. The summed E-state index contributed by atoms with van der Waals surface area (Å²) in [5.41, 5.74) is 0.894. The van der Waals surface area contributed by atoms with Crippen LogP contribution in [-0.4, -0.2) is 29.4 Å². The molecule has 0 heterocycles. The molecular weight excluding hydrogens is 340 g/mol. The zero-order chi connectivity index (χ0) is 18.5. The van der Waals surface area contributed by atoms with Crippen LogP contribution in [0.2, 0.25) is 0 Å². The molecule has 0 radical (unpaired) electrons. The maximum atomic E-state index is 13.5. The molecule has 5 nitrogen and oxygen atoms in total. The molecule has 1 aliphatic carbocycles. The highest BCUT2D eigenvalue weighted by Gasteiger charge is 2.30. The predicted octanol–water partition coefficient (Wildman–Crippen LogP) is 3.28. The molecule has 0 unspecified atom stereocenters. The summed E-state index contributed by atoms with van der Waals surface area (Å²) in [5, 5.41) is 4.52. The lowest BCUT2D eigenvalue weighted by Gasteiger charge is -2.21. The van der Waals surface area contributed by atoms with Gasteiger partial charge in [0.1, 0.15) is 11.6 Å². The average Bonchev–Trinajstić information content (AvgIpc) is 3.43. The van der Waals surface area contributed by atoms with Gasteiger partial charge >= 0.3 is 6.03 Å². The zero-order valence-corrected chi connectivity index (χ0v) is 14.0. The van der Waals surface area contributed by atoms with Crippen molar-refractivity contribution in [2.45, 2.75) is 25.4 Å². The average molecular weight is 359 g/mol. The van der Waals surface area contributed by atoms with Crippen molar-refractivity contribution >= 4 is 17.6 Å². The van der Waals surface area contributed by atoms with Crippen molar-refractivity contribution in [2.75, 3.05) is 11.9 Å². The minimum absolute atomic E-state index is 0.00293. The van der Waals surface area contributed by atoms with E-state index in [1.54, 1.807) is 18.2 Å². The molecule has 2 N–H and O–H groups in total. The van der Waals surface area contributed by atoms with Crippen LogP contribution in [0.4, 0.5) is 19.3 Å². The van der Waals surface area contributed by atoms with Gasteiger partial charge < -0.3 is 5.32 Å². The second-order valence-corrected chi connectivity index (χ2v) is 6.24. The number of nitrogens with one attached hydrogen (secondary N) is 2. The second kappa shape index (κ2) is 8.05. The molecule has 0 aliphatic heterocycles.